The summed E-state index contributed by atoms with van der Waals surface area (Å²) < 4.78 is 65.8. The standard InChI is InChI=1S/C14H19F3N2O2S.ClH/c1-9-5-6-11(14(15,16)17)8-13(9)22(20,21)19-12-4-3-7-18-10(12)2;/h5-6,8,10,12,18-19H,3-4,7H2,1-2H3;1H. The number of halogens is 4. The minimum atomic E-state index is -4.57. The Morgan fingerprint density at radius 3 is 2.52 bits per heavy atom. The number of hydrogen-bond donors (Lipinski definition) is 2. The van der Waals surface area contributed by atoms with Gasteiger partial charge in [0.25, 0.3) is 0 Å². The lowest BCUT2D eigenvalue weighted by molar-refractivity contribution is -0.137. The number of piperidine rings is 1. The average molecular weight is 373 g/mol. The second-order valence-corrected chi connectivity index (χ2v) is 7.27. The SMILES string of the molecule is Cc1ccc(C(F)(F)F)cc1S(=O)(=O)NC1CCCNC1C.Cl. The zero-order valence-corrected chi connectivity index (χ0v) is 14.4. The lowest BCUT2D eigenvalue weighted by Crippen LogP contribution is -2.51. The predicted molar refractivity (Wildman–Crippen MR) is 84.2 cm³/mol. The van der Waals surface area contributed by atoms with Gasteiger partial charge in [-0.15, -0.1) is 12.4 Å². The first-order valence-electron chi connectivity index (χ1n) is 7.05. The van der Waals surface area contributed by atoms with E-state index in [0.717, 1.165) is 19.0 Å². The third-order valence-electron chi connectivity index (χ3n) is 3.87. The maximum atomic E-state index is 12.8. The summed E-state index contributed by atoms with van der Waals surface area (Å²) in [5, 5.41) is 3.15. The molecule has 0 radical (unpaired) electrons. The van der Waals surface area contributed by atoms with Crippen molar-refractivity contribution in [2.75, 3.05) is 6.54 Å². The Balaban J connectivity index is 0.00000264. The van der Waals surface area contributed by atoms with Crippen LogP contribution in [0.5, 0.6) is 0 Å². The number of sulfonamides is 1. The summed E-state index contributed by atoms with van der Waals surface area (Å²) in [5.74, 6) is 0. The molecular formula is C14H20ClF3N2O2S. The van der Waals surface area contributed by atoms with Gasteiger partial charge in [-0.25, -0.2) is 13.1 Å². The quantitative estimate of drug-likeness (QED) is 0.857. The van der Waals surface area contributed by atoms with Crippen LogP contribution in [0.25, 0.3) is 0 Å². The fourth-order valence-electron chi connectivity index (χ4n) is 2.53. The van der Waals surface area contributed by atoms with Gasteiger partial charge in [-0.3, -0.25) is 0 Å². The molecule has 1 aliphatic rings. The third-order valence-corrected chi connectivity index (χ3v) is 5.51. The molecule has 2 unspecified atom stereocenters. The molecule has 2 atom stereocenters. The molecule has 1 aromatic rings. The number of rotatable bonds is 3. The number of benzene rings is 1. The van der Waals surface area contributed by atoms with Gasteiger partial charge in [0.15, 0.2) is 0 Å². The van der Waals surface area contributed by atoms with Crippen LogP contribution in [0, 0.1) is 6.92 Å². The molecule has 4 nitrogen and oxygen atoms in total. The Hall–Kier alpha value is -0.830. The van der Waals surface area contributed by atoms with Crippen molar-refractivity contribution in [3.8, 4) is 0 Å². The Bertz CT molecular complexity index is 650. The van der Waals surface area contributed by atoms with Gasteiger partial charge in [-0.2, -0.15) is 13.2 Å². The summed E-state index contributed by atoms with van der Waals surface area (Å²) in [4.78, 5) is -0.319. The van der Waals surface area contributed by atoms with Crippen molar-refractivity contribution in [2.24, 2.45) is 0 Å². The zero-order valence-electron chi connectivity index (χ0n) is 12.8. The fraction of sp³-hybridized carbons (Fsp3) is 0.571. The van der Waals surface area contributed by atoms with Crippen LogP contribution in [0.4, 0.5) is 13.2 Å². The van der Waals surface area contributed by atoms with E-state index in [-0.39, 0.29) is 34.9 Å². The molecule has 0 amide bonds. The second-order valence-electron chi connectivity index (χ2n) is 5.59. The molecule has 0 bridgehead atoms. The summed E-state index contributed by atoms with van der Waals surface area (Å²) in [6.07, 6.45) is -3.10. The molecule has 2 N–H and O–H groups in total. The minimum Gasteiger partial charge on any atom is -0.313 e. The number of alkyl halides is 3. The average Bonchev–Trinajstić information content (AvgIpc) is 2.40. The van der Waals surface area contributed by atoms with E-state index in [4.69, 9.17) is 0 Å². The van der Waals surface area contributed by atoms with E-state index in [9.17, 15) is 21.6 Å². The monoisotopic (exact) mass is 372 g/mol. The number of nitrogens with one attached hydrogen (secondary N) is 2. The van der Waals surface area contributed by atoms with E-state index in [2.05, 4.69) is 10.0 Å². The Morgan fingerprint density at radius 1 is 1.30 bits per heavy atom. The molecule has 0 saturated carbocycles. The summed E-state index contributed by atoms with van der Waals surface area (Å²) in [7, 11) is -4.00. The van der Waals surface area contributed by atoms with Crippen LogP contribution in [0.1, 0.15) is 30.9 Å². The summed E-state index contributed by atoms with van der Waals surface area (Å²) in [6.45, 7) is 4.14. The Morgan fingerprint density at radius 2 is 1.96 bits per heavy atom. The number of aryl methyl sites for hydroxylation is 1. The van der Waals surface area contributed by atoms with Crippen molar-refractivity contribution < 1.29 is 21.6 Å². The lowest BCUT2D eigenvalue weighted by atomic mass is 10.0. The molecule has 1 aromatic carbocycles. The van der Waals surface area contributed by atoms with Crippen molar-refractivity contribution >= 4 is 22.4 Å². The van der Waals surface area contributed by atoms with Crippen LogP contribution < -0.4 is 10.0 Å². The molecule has 132 valence electrons. The highest BCUT2D eigenvalue weighted by Gasteiger charge is 2.33. The largest absolute Gasteiger partial charge is 0.416 e. The highest BCUT2D eigenvalue weighted by Crippen LogP contribution is 2.31. The maximum Gasteiger partial charge on any atom is 0.416 e. The molecule has 9 heteroatoms. The van der Waals surface area contributed by atoms with Crippen LogP contribution in [-0.4, -0.2) is 27.0 Å². The van der Waals surface area contributed by atoms with E-state index in [0.29, 0.717) is 12.5 Å². The van der Waals surface area contributed by atoms with Crippen LogP contribution >= 0.6 is 12.4 Å². The smallest absolute Gasteiger partial charge is 0.313 e. The molecule has 2 rings (SSSR count). The van der Waals surface area contributed by atoms with Crippen LogP contribution in [0.2, 0.25) is 0 Å². The van der Waals surface area contributed by atoms with Gasteiger partial charge < -0.3 is 5.32 Å². The van der Waals surface area contributed by atoms with Gasteiger partial charge in [0.2, 0.25) is 10.0 Å². The van der Waals surface area contributed by atoms with Crippen molar-refractivity contribution in [1.82, 2.24) is 10.0 Å². The number of hydrogen-bond acceptors (Lipinski definition) is 3. The maximum absolute atomic E-state index is 12.8. The van der Waals surface area contributed by atoms with E-state index in [1.165, 1.54) is 13.0 Å². The van der Waals surface area contributed by atoms with Gasteiger partial charge in [0.1, 0.15) is 0 Å². The normalized spacial score (nSPS) is 22.5. The van der Waals surface area contributed by atoms with Crippen LogP contribution in [0.3, 0.4) is 0 Å². The molecule has 0 aliphatic carbocycles. The summed E-state index contributed by atoms with van der Waals surface area (Å²) >= 11 is 0. The zero-order chi connectivity index (χ0) is 16.5. The molecule has 0 aromatic heterocycles. The highest BCUT2D eigenvalue weighted by molar-refractivity contribution is 7.89. The van der Waals surface area contributed by atoms with E-state index in [1.807, 2.05) is 6.92 Å². The topological polar surface area (TPSA) is 58.2 Å². The summed E-state index contributed by atoms with van der Waals surface area (Å²) in [6, 6.07) is 2.37. The Labute approximate surface area is 140 Å². The first kappa shape index (κ1) is 20.2. The second kappa shape index (κ2) is 7.38. The Kier molecular flexibility index (Phi) is 6.48. The predicted octanol–water partition coefficient (Wildman–Crippen LogP) is 2.85. The van der Waals surface area contributed by atoms with Crippen LogP contribution in [0.15, 0.2) is 23.1 Å². The van der Waals surface area contributed by atoms with Crippen molar-refractivity contribution in [1.29, 1.82) is 0 Å². The van der Waals surface area contributed by atoms with Crippen molar-refractivity contribution in [2.45, 2.75) is 49.8 Å². The fourth-order valence-corrected chi connectivity index (χ4v) is 4.16. The highest BCUT2D eigenvalue weighted by atomic mass is 35.5. The molecule has 23 heavy (non-hydrogen) atoms. The van der Waals surface area contributed by atoms with Gasteiger partial charge in [0.05, 0.1) is 10.5 Å². The van der Waals surface area contributed by atoms with E-state index < -0.39 is 21.8 Å². The van der Waals surface area contributed by atoms with E-state index in [1.54, 1.807) is 0 Å². The third kappa shape index (κ3) is 4.82. The minimum absolute atomic E-state index is 0. The lowest BCUT2D eigenvalue weighted by Gasteiger charge is -2.30. The van der Waals surface area contributed by atoms with Gasteiger partial charge in [-0.1, -0.05) is 6.07 Å². The van der Waals surface area contributed by atoms with Gasteiger partial charge >= 0.3 is 6.18 Å². The first-order chi connectivity index (χ1) is 10.1. The first-order valence-corrected chi connectivity index (χ1v) is 8.53. The molecule has 1 aliphatic heterocycles. The van der Waals surface area contributed by atoms with Crippen LogP contribution in [-0.2, 0) is 16.2 Å². The van der Waals surface area contributed by atoms with Gasteiger partial charge in [-0.05, 0) is 50.9 Å². The molecule has 0 spiro atoms. The van der Waals surface area contributed by atoms with Gasteiger partial charge in [0, 0.05) is 12.1 Å². The van der Waals surface area contributed by atoms with Crippen molar-refractivity contribution in [3.63, 3.8) is 0 Å². The molecule has 1 heterocycles. The van der Waals surface area contributed by atoms with Crippen molar-refractivity contribution in [3.05, 3.63) is 29.3 Å². The molecule has 1 fully saturated rings. The molecule has 1 saturated heterocycles. The summed E-state index contributed by atoms with van der Waals surface area (Å²) in [5.41, 5.74) is -0.676. The molecular weight excluding hydrogens is 353 g/mol. The van der Waals surface area contributed by atoms with E-state index >= 15 is 0 Å².